The summed E-state index contributed by atoms with van der Waals surface area (Å²) in [5.41, 5.74) is 3.92. The van der Waals surface area contributed by atoms with Gasteiger partial charge in [0.2, 0.25) is 0 Å². The van der Waals surface area contributed by atoms with E-state index in [1.54, 1.807) is 6.92 Å². The molecule has 1 atom stereocenters. The van der Waals surface area contributed by atoms with E-state index in [1.807, 2.05) is 0 Å². The second-order valence-electron chi connectivity index (χ2n) is 4.80. The van der Waals surface area contributed by atoms with Gasteiger partial charge in [0.25, 0.3) is 0 Å². The van der Waals surface area contributed by atoms with Crippen LogP contribution in [0.5, 0.6) is 0 Å². The minimum absolute atomic E-state index is 0.308. The van der Waals surface area contributed by atoms with Gasteiger partial charge in [-0.1, -0.05) is 25.1 Å². The predicted molar refractivity (Wildman–Crippen MR) is 67.2 cm³/mol. The average molecular weight is 233 g/mol. The average Bonchev–Trinajstić information content (AvgIpc) is 2.53. The predicted octanol–water partition coefficient (Wildman–Crippen LogP) is 1.64. The number of benzene rings is 1. The first-order valence-corrected chi connectivity index (χ1v) is 6.21. The molecule has 0 saturated carbocycles. The van der Waals surface area contributed by atoms with Crippen LogP contribution in [-0.4, -0.2) is 24.2 Å². The van der Waals surface area contributed by atoms with Crippen molar-refractivity contribution < 1.29 is 9.90 Å². The SMILES string of the molecule is CC(Cc1ccc2c(c1)CCNCC2)C(=O)O. The molecule has 2 N–H and O–H groups in total. The summed E-state index contributed by atoms with van der Waals surface area (Å²) in [6, 6.07) is 6.41. The third-order valence-electron chi connectivity index (χ3n) is 3.38. The zero-order valence-electron chi connectivity index (χ0n) is 10.2. The molecule has 0 fully saturated rings. The van der Waals surface area contributed by atoms with Gasteiger partial charge in [-0.25, -0.2) is 0 Å². The van der Waals surface area contributed by atoms with E-state index in [9.17, 15) is 4.79 Å². The quantitative estimate of drug-likeness (QED) is 0.834. The third-order valence-corrected chi connectivity index (χ3v) is 3.38. The number of rotatable bonds is 3. The number of carboxylic acid groups (broad SMARTS) is 1. The number of carbonyl (C=O) groups is 1. The van der Waals surface area contributed by atoms with Crippen molar-refractivity contribution in [2.45, 2.75) is 26.2 Å². The highest BCUT2D eigenvalue weighted by atomic mass is 16.4. The summed E-state index contributed by atoms with van der Waals surface area (Å²) in [4.78, 5) is 10.8. The van der Waals surface area contributed by atoms with Crippen LogP contribution in [0.3, 0.4) is 0 Å². The molecule has 3 nitrogen and oxygen atoms in total. The molecule has 0 spiro atoms. The molecule has 0 aliphatic carbocycles. The third kappa shape index (κ3) is 3.07. The van der Waals surface area contributed by atoms with Crippen molar-refractivity contribution in [3.05, 3.63) is 34.9 Å². The monoisotopic (exact) mass is 233 g/mol. The lowest BCUT2D eigenvalue weighted by Gasteiger charge is -2.10. The molecule has 3 heteroatoms. The number of aliphatic carboxylic acids is 1. The molecule has 1 aliphatic rings. The van der Waals surface area contributed by atoms with E-state index >= 15 is 0 Å². The Morgan fingerprint density at radius 1 is 1.35 bits per heavy atom. The van der Waals surface area contributed by atoms with Crippen molar-refractivity contribution in [2.24, 2.45) is 5.92 Å². The molecule has 1 aromatic carbocycles. The smallest absolute Gasteiger partial charge is 0.306 e. The van der Waals surface area contributed by atoms with Crippen molar-refractivity contribution in [1.82, 2.24) is 5.32 Å². The highest BCUT2D eigenvalue weighted by Gasteiger charge is 2.13. The van der Waals surface area contributed by atoms with Crippen LogP contribution in [0.2, 0.25) is 0 Å². The minimum atomic E-state index is -0.721. The fourth-order valence-electron chi connectivity index (χ4n) is 2.29. The van der Waals surface area contributed by atoms with Crippen molar-refractivity contribution >= 4 is 5.97 Å². The topological polar surface area (TPSA) is 49.3 Å². The van der Waals surface area contributed by atoms with E-state index in [1.165, 1.54) is 11.1 Å². The maximum Gasteiger partial charge on any atom is 0.306 e. The van der Waals surface area contributed by atoms with E-state index in [0.717, 1.165) is 31.5 Å². The number of fused-ring (bicyclic) bond motifs is 1. The van der Waals surface area contributed by atoms with Crippen molar-refractivity contribution in [2.75, 3.05) is 13.1 Å². The van der Waals surface area contributed by atoms with Crippen LogP contribution in [0.25, 0.3) is 0 Å². The van der Waals surface area contributed by atoms with Gasteiger partial charge in [-0.2, -0.15) is 0 Å². The largest absolute Gasteiger partial charge is 0.481 e. The van der Waals surface area contributed by atoms with Gasteiger partial charge in [-0.15, -0.1) is 0 Å². The summed E-state index contributed by atoms with van der Waals surface area (Å²) >= 11 is 0. The standard InChI is InChI=1S/C14H19NO2/c1-10(14(16)17)8-11-2-3-12-4-6-15-7-5-13(12)9-11/h2-3,9-10,15H,4-8H2,1H3,(H,16,17). The molecule has 0 amide bonds. The normalized spacial score (nSPS) is 17.0. The maximum absolute atomic E-state index is 10.8. The van der Waals surface area contributed by atoms with Crippen molar-refractivity contribution in [1.29, 1.82) is 0 Å². The van der Waals surface area contributed by atoms with Gasteiger partial charge in [-0.05, 0) is 49.0 Å². The first kappa shape index (κ1) is 12.1. The summed E-state index contributed by atoms with van der Waals surface area (Å²) < 4.78 is 0. The first-order valence-electron chi connectivity index (χ1n) is 6.21. The summed E-state index contributed by atoms with van der Waals surface area (Å²) in [7, 11) is 0. The lowest BCUT2D eigenvalue weighted by molar-refractivity contribution is -0.141. The van der Waals surface area contributed by atoms with Crippen LogP contribution in [0, 0.1) is 5.92 Å². The lowest BCUT2D eigenvalue weighted by atomic mass is 9.95. The molecule has 0 bridgehead atoms. The zero-order chi connectivity index (χ0) is 12.3. The van der Waals surface area contributed by atoms with Crippen LogP contribution >= 0.6 is 0 Å². The highest BCUT2D eigenvalue weighted by Crippen LogP contribution is 2.17. The maximum atomic E-state index is 10.8. The molecule has 0 aromatic heterocycles. The van der Waals surface area contributed by atoms with Crippen LogP contribution in [0.1, 0.15) is 23.6 Å². The van der Waals surface area contributed by atoms with Gasteiger partial charge in [0.15, 0.2) is 0 Å². The van der Waals surface area contributed by atoms with Crippen molar-refractivity contribution in [3.8, 4) is 0 Å². The zero-order valence-corrected chi connectivity index (χ0v) is 10.2. The van der Waals surface area contributed by atoms with Gasteiger partial charge >= 0.3 is 5.97 Å². The number of nitrogens with one attached hydrogen (secondary N) is 1. The molecule has 0 saturated heterocycles. The van der Waals surface area contributed by atoms with Crippen LogP contribution < -0.4 is 5.32 Å². The fraction of sp³-hybridized carbons (Fsp3) is 0.500. The second-order valence-corrected chi connectivity index (χ2v) is 4.80. The molecule has 1 heterocycles. The molecular formula is C14H19NO2. The molecule has 2 rings (SSSR count). The van der Waals surface area contributed by atoms with E-state index in [2.05, 4.69) is 23.5 Å². The molecule has 1 aromatic rings. The Balaban J connectivity index is 2.15. The van der Waals surface area contributed by atoms with Crippen LogP contribution in [-0.2, 0) is 24.1 Å². The summed E-state index contributed by atoms with van der Waals surface area (Å²) in [5, 5.41) is 12.3. The van der Waals surface area contributed by atoms with E-state index in [-0.39, 0.29) is 5.92 Å². The highest BCUT2D eigenvalue weighted by molar-refractivity contribution is 5.69. The van der Waals surface area contributed by atoms with Crippen molar-refractivity contribution in [3.63, 3.8) is 0 Å². The molecule has 1 unspecified atom stereocenters. The molecule has 92 valence electrons. The molecular weight excluding hydrogens is 214 g/mol. The summed E-state index contributed by atoms with van der Waals surface area (Å²) in [5.74, 6) is -1.03. The Kier molecular flexibility index (Phi) is 3.79. The van der Waals surface area contributed by atoms with Gasteiger partial charge in [-0.3, -0.25) is 4.79 Å². The summed E-state index contributed by atoms with van der Waals surface area (Å²) in [6.45, 7) is 3.82. The number of carboxylic acids is 1. The first-order chi connectivity index (χ1) is 8.16. The Bertz CT molecular complexity index is 415. The van der Waals surface area contributed by atoms with Crippen LogP contribution in [0.4, 0.5) is 0 Å². The van der Waals surface area contributed by atoms with Gasteiger partial charge in [0.05, 0.1) is 5.92 Å². The van der Waals surface area contributed by atoms with Gasteiger partial charge < -0.3 is 10.4 Å². The van der Waals surface area contributed by atoms with E-state index in [0.29, 0.717) is 6.42 Å². The number of hydrogen-bond donors (Lipinski definition) is 2. The Morgan fingerprint density at radius 2 is 2.06 bits per heavy atom. The molecule has 17 heavy (non-hydrogen) atoms. The number of hydrogen-bond acceptors (Lipinski definition) is 2. The lowest BCUT2D eigenvalue weighted by Crippen LogP contribution is -2.16. The van der Waals surface area contributed by atoms with Gasteiger partial charge in [0, 0.05) is 0 Å². The Hall–Kier alpha value is -1.35. The van der Waals surface area contributed by atoms with Gasteiger partial charge in [0.1, 0.15) is 0 Å². The van der Waals surface area contributed by atoms with E-state index in [4.69, 9.17) is 5.11 Å². The second kappa shape index (κ2) is 5.32. The van der Waals surface area contributed by atoms with E-state index < -0.39 is 5.97 Å². The molecule has 0 radical (unpaired) electrons. The Labute approximate surface area is 102 Å². The fourth-order valence-corrected chi connectivity index (χ4v) is 2.29. The Morgan fingerprint density at radius 3 is 2.76 bits per heavy atom. The van der Waals surface area contributed by atoms with Crippen LogP contribution in [0.15, 0.2) is 18.2 Å². The summed E-state index contributed by atoms with van der Waals surface area (Å²) in [6.07, 6.45) is 2.74. The minimum Gasteiger partial charge on any atom is -0.481 e. The molecule has 1 aliphatic heterocycles.